The zero-order valence-corrected chi connectivity index (χ0v) is 14.0. The van der Waals surface area contributed by atoms with Crippen LogP contribution in [0.3, 0.4) is 0 Å². The van der Waals surface area contributed by atoms with Gasteiger partial charge in [0.05, 0.1) is 11.1 Å². The van der Waals surface area contributed by atoms with E-state index >= 15 is 0 Å². The van der Waals surface area contributed by atoms with E-state index in [1.54, 1.807) is 0 Å². The predicted molar refractivity (Wildman–Crippen MR) is 90.9 cm³/mol. The van der Waals surface area contributed by atoms with Gasteiger partial charge in [-0.15, -0.1) is 0 Å². The summed E-state index contributed by atoms with van der Waals surface area (Å²) in [5.74, 6) is 1.63. The first-order valence-corrected chi connectivity index (χ1v) is 8.50. The van der Waals surface area contributed by atoms with Crippen LogP contribution in [-0.2, 0) is 0 Å². The molecule has 1 aromatic heterocycles. The monoisotopic (exact) mass is 307 g/mol. The lowest BCUT2D eigenvalue weighted by atomic mass is 9.89. The fourth-order valence-corrected chi connectivity index (χ4v) is 3.36. The molecule has 3 heteroatoms. The van der Waals surface area contributed by atoms with Crippen LogP contribution >= 0.6 is 11.6 Å². The molecule has 0 amide bonds. The standard InChI is InChI=1S/C18H26ClNO/c1-4-8-13(9-5-2)17(20-6-3)16-12-14-10-7-11-15(19)18(14)21-16/h7,10-13,17,20H,4-6,8-9H2,1-3H3. The van der Waals surface area contributed by atoms with Gasteiger partial charge in [0.15, 0.2) is 5.58 Å². The van der Waals surface area contributed by atoms with Crippen LogP contribution in [0.2, 0.25) is 5.02 Å². The number of hydrogen-bond donors (Lipinski definition) is 1. The van der Waals surface area contributed by atoms with E-state index in [0.717, 1.165) is 23.3 Å². The van der Waals surface area contributed by atoms with Crippen molar-refractivity contribution in [3.8, 4) is 0 Å². The molecule has 0 aliphatic heterocycles. The first-order chi connectivity index (χ1) is 10.2. The van der Waals surface area contributed by atoms with Crippen molar-refractivity contribution in [3.05, 3.63) is 35.0 Å². The largest absolute Gasteiger partial charge is 0.458 e. The minimum Gasteiger partial charge on any atom is -0.458 e. The second-order valence-corrected chi connectivity index (χ2v) is 6.09. The third kappa shape index (κ3) is 3.81. The molecule has 2 nitrogen and oxygen atoms in total. The van der Waals surface area contributed by atoms with Crippen LogP contribution < -0.4 is 5.32 Å². The molecule has 0 aliphatic rings. The molecular weight excluding hydrogens is 282 g/mol. The SMILES string of the molecule is CCCC(CCC)C(NCC)c1cc2cccc(Cl)c2o1. The highest BCUT2D eigenvalue weighted by atomic mass is 35.5. The summed E-state index contributed by atoms with van der Waals surface area (Å²) in [4.78, 5) is 0. The highest BCUT2D eigenvalue weighted by Crippen LogP contribution is 2.35. The van der Waals surface area contributed by atoms with Crippen LogP contribution in [0.5, 0.6) is 0 Å². The van der Waals surface area contributed by atoms with Crippen LogP contribution in [0.25, 0.3) is 11.0 Å². The van der Waals surface area contributed by atoms with Crippen molar-refractivity contribution in [2.75, 3.05) is 6.54 Å². The second kappa shape index (κ2) is 7.86. The maximum absolute atomic E-state index is 6.24. The van der Waals surface area contributed by atoms with Crippen molar-refractivity contribution in [2.45, 2.75) is 52.5 Å². The van der Waals surface area contributed by atoms with Crippen molar-refractivity contribution in [3.63, 3.8) is 0 Å². The first-order valence-electron chi connectivity index (χ1n) is 8.12. The Bertz CT molecular complexity index is 557. The van der Waals surface area contributed by atoms with Crippen molar-refractivity contribution in [1.29, 1.82) is 0 Å². The molecule has 0 spiro atoms. The van der Waals surface area contributed by atoms with Gasteiger partial charge in [0.1, 0.15) is 5.76 Å². The average Bonchev–Trinajstić information content (AvgIpc) is 2.90. The van der Waals surface area contributed by atoms with E-state index in [9.17, 15) is 0 Å². The van der Waals surface area contributed by atoms with Crippen molar-refractivity contribution >= 4 is 22.6 Å². The third-order valence-corrected chi connectivity index (χ3v) is 4.33. The number of furan rings is 1. The topological polar surface area (TPSA) is 25.2 Å². The van der Waals surface area contributed by atoms with Gasteiger partial charge < -0.3 is 9.73 Å². The van der Waals surface area contributed by atoms with Gasteiger partial charge in [-0.25, -0.2) is 0 Å². The lowest BCUT2D eigenvalue weighted by molar-refractivity contribution is 0.285. The lowest BCUT2D eigenvalue weighted by Crippen LogP contribution is -2.28. The molecule has 0 bridgehead atoms. The Kier molecular flexibility index (Phi) is 6.13. The predicted octanol–water partition coefficient (Wildman–Crippen LogP) is 5.95. The Morgan fingerprint density at radius 2 is 1.86 bits per heavy atom. The van der Waals surface area contributed by atoms with Crippen molar-refractivity contribution < 1.29 is 4.42 Å². The van der Waals surface area contributed by atoms with Gasteiger partial charge in [0.2, 0.25) is 0 Å². The number of fused-ring (bicyclic) bond motifs is 1. The van der Waals surface area contributed by atoms with E-state index in [1.165, 1.54) is 25.7 Å². The Labute approximate surface area is 132 Å². The lowest BCUT2D eigenvalue weighted by Gasteiger charge is -2.25. The fraction of sp³-hybridized carbons (Fsp3) is 0.556. The summed E-state index contributed by atoms with van der Waals surface area (Å²) in [5.41, 5.74) is 0.809. The normalized spacial score (nSPS) is 13.2. The van der Waals surface area contributed by atoms with E-state index in [2.05, 4.69) is 38.2 Å². The van der Waals surface area contributed by atoms with Crippen molar-refractivity contribution in [2.24, 2.45) is 5.92 Å². The quantitative estimate of drug-likeness (QED) is 0.651. The van der Waals surface area contributed by atoms with Gasteiger partial charge in [-0.1, -0.05) is 57.3 Å². The molecule has 0 saturated carbocycles. The van der Waals surface area contributed by atoms with Gasteiger partial charge in [-0.3, -0.25) is 0 Å². The molecular formula is C18H26ClNO. The van der Waals surface area contributed by atoms with E-state index in [1.807, 2.05) is 12.1 Å². The molecule has 1 N–H and O–H groups in total. The number of para-hydroxylation sites is 1. The van der Waals surface area contributed by atoms with Crippen LogP contribution in [0, 0.1) is 5.92 Å². The van der Waals surface area contributed by atoms with Crippen LogP contribution in [0.1, 0.15) is 58.3 Å². The Balaban J connectivity index is 2.36. The van der Waals surface area contributed by atoms with E-state index in [0.29, 0.717) is 10.9 Å². The molecule has 0 aliphatic carbocycles. The molecule has 1 atom stereocenters. The van der Waals surface area contributed by atoms with Crippen LogP contribution in [0.4, 0.5) is 0 Å². The fourth-order valence-electron chi connectivity index (χ4n) is 3.14. The van der Waals surface area contributed by atoms with Gasteiger partial charge >= 0.3 is 0 Å². The van der Waals surface area contributed by atoms with Crippen molar-refractivity contribution in [1.82, 2.24) is 5.32 Å². The van der Waals surface area contributed by atoms with Gasteiger partial charge in [-0.2, -0.15) is 0 Å². The third-order valence-electron chi connectivity index (χ3n) is 4.04. The second-order valence-electron chi connectivity index (χ2n) is 5.68. The number of hydrogen-bond acceptors (Lipinski definition) is 2. The number of halogens is 1. The zero-order chi connectivity index (χ0) is 15.2. The van der Waals surface area contributed by atoms with Gasteiger partial charge in [-0.05, 0) is 37.4 Å². The highest BCUT2D eigenvalue weighted by Gasteiger charge is 2.24. The number of benzene rings is 1. The molecule has 2 aromatic rings. The van der Waals surface area contributed by atoms with Crippen LogP contribution in [0.15, 0.2) is 28.7 Å². The molecule has 1 unspecified atom stereocenters. The number of nitrogens with one attached hydrogen (secondary N) is 1. The molecule has 21 heavy (non-hydrogen) atoms. The van der Waals surface area contributed by atoms with E-state index in [-0.39, 0.29) is 6.04 Å². The van der Waals surface area contributed by atoms with E-state index in [4.69, 9.17) is 16.0 Å². The molecule has 116 valence electrons. The van der Waals surface area contributed by atoms with Crippen LogP contribution in [-0.4, -0.2) is 6.54 Å². The minimum atomic E-state index is 0.276. The highest BCUT2D eigenvalue weighted by molar-refractivity contribution is 6.34. The molecule has 2 rings (SSSR count). The Morgan fingerprint density at radius 3 is 2.43 bits per heavy atom. The molecule has 0 fully saturated rings. The summed E-state index contributed by atoms with van der Waals surface area (Å²) in [6.07, 6.45) is 4.84. The summed E-state index contributed by atoms with van der Waals surface area (Å²) in [6, 6.07) is 8.34. The smallest absolute Gasteiger partial charge is 0.152 e. The van der Waals surface area contributed by atoms with E-state index < -0.39 is 0 Å². The van der Waals surface area contributed by atoms with Gasteiger partial charge in [0, 0.05) is 5.39 Å². The first kappa shape index (κ1) is 16.4. The Morgan fingerprint density at radius 1 is 1.14 bits per heavy atom. The molecule has 0 saturated heterocycles. The summed E-state index contributed by atoms with van der Waals surface area (Å²) in [7, 11) is 0. The van der Waals surface area contributed by atoms with Gasteiger partial charge in [0.25, 0.3) is 0 Å². The summed E-state index contributed by atoms with van der Waals surface area (Å²) >= 11 is 6.24. The average molecular weight is 308 g/mol. The minimum absolute atomic E-state index is 0.276. The number of rotatable bonds is 8. The Hall–Kier alpha value is -0.990. The molecule has 1 heterocycles. The molecule has 1 aromatic carbocycles. The maximum Gasteiger partial charge on any atom is 0.152 e. The summed E-state index contributed by atoms with van der Waals surface area (Å²) in [5, 5.41) is 5.39. The zero-order valence-electron chi connectivity index (χ0n) is 13.3. The summed E-state index contributed by atoms with van der Waals surface area (Å²) in [6.45, 7) is 7.60. The summed E-state index contributed by atoms with van der Waals surface area (Å²) < 4.78 is 6.09. The molecule has 0 radical (unpaired) electrons. The maximum atomic E-state index is 6.24.